The lowest BCUT2D eigenvalue weighted by molar-refractivity contribution is -0.151. The Hall–Kier alpha value is -1.10. The third kappa shape index (κ3) is 2.92. The Bertz CT molecular complexity index is 243. The van der Waals surface area contributed by atoms with Gasteiger partial charge in [-0.3, -0.25) is 4.79 Å². The number of hydrogen-bond donors (Lipinski definition) is 1. The molecule has 0 aliphatic carbocycles. The maximum atomic E-state index is 11.7. The number of esters is 1. The van der Waals surface area contributed by atoms with Crippen molar-refractivity contribution in [3.8, 4) is 0 Å². The second kappa shape index (κ2) is 5.70. The number of amides is 1. The molecule has 1 atom stereocenters. The van der Waals surface area contributed by atoms with Crippen LogP contribution in [0.3, 0.4) is 0 Å². The fourth-order valence-corrected chi connectivity index (χ4v) is 1.84. The van der Waals surface area contributed by atoms with Gasteiger partial charge in [-0.15, -0.1) is 0 Å². The Morgan fingerprint density at radius 3 is 2.87 bits per heavy atom. The molecular formula is C10H18N2O3. The second-order valence-corrected chi connectivity index (χ2v) is 3.66. The Labute approximate surface area is 89.6 Å². The van der Waals surface area contributed by atoms with Crippen molar-refractivity contribution in [2.24, 2.45) is 5.73 Å². The minimum absolute atomic E-state index is 0.00773. The molecule has 1 heterocycles. The van der Waals surface area contributed by atoms with Gasteiger partial charge in [0.15, 0.2) is 0 Å². The number of nitrogens with two attached hydrogens (primary N) is 1. The molecule has 0 aromatic heterocycles. The lowest BCUT2D eigenvalue weighted by atomic mass is 10.2. The first kappa shape index (κ1) is 12.0. The summed E-state index contributed by atoms with van der Waals surface area (Å²) in [7, 11) is 1.35. The number of likely N-dealkylation sites (tertiary alicyclic amines) is 1. The SMILES string of the molecule is COC(=O)C1CCCN1C(=O)CCCN. The fraction of sp³-hybridized carbons (Fsp3) is 0.800. The van der Waals surface area contributed by atoms with Gasteiger partial charge >= 0.3 is 5.97 Å². The Morgan fingerprint density at radius 2 is 2.27 bits per heavy atom. The van der Waals surface area contributed by atoms with Gasteiger partial charge < -0.3 is 15.4 Å². The van der Waals surface area contributed by atoms with Crippen LogP contribution >= 0.6 is 0 Å². The van der Waals surface area contributed by atoms with E-state index in [0.717, 1.165) is 6.42 Å². The van der Waals surface area contributed by atoms with Crippen molar-refractivity contribution in [1.29, 1.82) is 0 Å². The van der Waals surface area contributed by atoms with Gasteiger partial charge in [0, 0.05) is 13.0 Å². The molecule has 0 aromatic carbocycles. The second-order valence-electron chi connectivity index (χ2n) is 3.66. The topological polar surface area (TPSA) is 72.6 Å². The van der Waals surface area contributed by atoms with Crippen LogP contribution in [-0.2, 0) is 14.3 Å². The van der Waals surface area contributed by atoms with Gasteiger partial charge in [0.25, 0.3) is 0 Å². The molecule has 1 saturated heterocycles. The number of carbonyl (C=O) groups is 2. The number of rotatable bonds is 4. The molecule has 0 radical (unpaired) electrons. The number of ether oxygens (including phenoxy) is 1. The van der Waals surface area contributed by atoms with E-state index in [1.807, 2.05) is 0 Å². The van der Waals surface area contributed by atoms with Gasteiger partial charge in [-0.25, -0.2) is 4.79 Å². The third-order valence-corrected chi connectivity index (χ3v) is 2.64. The molecule has 1 rings (SSSR count). The molecule has 5 heteroatoms. The number of methoxy groups -OCH3 is 1. The van der Waals surface area contributed by atoms with Crippen molar-refractivity contribution in [3.63, 3.8) is 0 Å². The van der Waals surface area contributed by atoms with Gasteiger partial charge in [-0.2, -0.15) is 0 Å². The van der Waals surface area contributed by atoms with Crippen LogP contribution in [0.5, 0.6) is 0 Å². The van der Waals surface area contributed by atoms with Crippen LogP contribution in [0.25, 0.3) is 0 Å². The summed E-state index contributed by atoms with van der Waals surface area (Å²) >= 11 is 0. The van der Waals surface area contributed by atoms with Gasteiger partial charge in [0.2, 0.25) is 5.91 Å². The van der Waals surface area contributed by atoms with Gasteiger partial charge in [-0.05, 0) is 25.8 Å². The fourth-order valence-electron chi connectivity index (χ4n) is 1.84. The van der Waals surface area contributed by atoms with Crippen molar-refractivity contribution < 1.29 is 14.3 Å². The molecule has 5 nitrogen and oxygen atoms in total. The molecule has 1 aliphatic rings. The molecule has 1 amide bonds. The van der Waals surface area contributed by atoms with E-state index < -0.39 is 0 Å². The summed E-state index contributed by atoms with van der Waals surface area (Å²) in [5, 5.41) is 0. The normalized spacial score (nSPS) is 20.4. The van der Waals surface area contributed by atoms with E-state index in [1.165, 1.54) is 7.11 Å². The predicted molar refractivity (Wildman–Crippen MR) is 55.0 cm³/mol. The summed E-state index contributed by atoms with van der Waals surface area (Å²) in [5.41, 5.74) is 5.33. The molecule has 0 aromatic rings. The highest BCUT2D eigenvalue weighted by molar-refractivity contribution is 5.85. The molecule has 1 fully saturated rings. The Kier molecular flexibility index (Phi) is 4.55. The van der Waals surface area contributed by atoms with E-state index in [4.69, 9.17) is 5.73 Å². The summed E-state index contributed by atoms with van der Waals surface area (Å²) in [6.45, 7) is 1.16. The van der Waals surface area contributed by atoms with Crippen LogP contribution in [0, 0.1) is 0 Å². The molecule has 1 unspecified atom stereocenters. The standard InChI is InChI=1S/C10H18N2O3/c1-15-10(14)8-4-3-7-12(8)9(13)5-2-6-11/h8H,2-7,11H2,1H3. The molecule has 86 valence electrons. The van der Waals surface area contributed by atoms with Crippen LogP contribution in [0.2, 0.25) is 0 Å². The summed E-state index contributed by atoms with van der Waals surface area (Å²) in [6.07, 6.45) is 2.67. The van der Waals surface area contributed by atoms with Crippen molar-refractivity contribution >= 4 is 11.9 Å². The summed E-state index contributed by atoms with van der Waals surface area (Å²) in [6, 6.07) is -0.375. The molecule has 0 bridgehead atoms. The maximum absolute atomic E-state index is 11.7. The summed E-state index contributed by atoms with van der Waals surface area (Å²) < 4.78 is 4.66. The summed E-state index contributed by atoms with van der Waals surface area (Å²) in [4.78, 5) is 24.7. The lowest BCUT2D eigenvalue weighted by Gasteiger charge is -2.22. The average molecular weight is 214 g/mol. The first-order chi connectivity index (χ1) is 7.20. The molecule has 0 saturated carbocycles. The minimum Gasteiger partial charge on any atom is -0.467 e. The molecule has 2 N–H and O–H groups in total. The molecule has 15 heavy (non-hydrogen) atoms. The Morgan fingerprint density at radius 1 is 1.53 bits per heavy atom. The zero-order chi connectivity index (χ0) is 11.3. The van der Waals surface area contributed by atoms with Crippen molar-refractivity contribution in [2.75, 3.05) is 20.2 Å². The minimum atomic E-state index is -0.375. The van der Waals surface area contributed by atoms with E-state index in [0.29, 0.717) is 32.4 Å². The molecule has 1 aliphatic heterocycles. The van der Waals surface area contributed by atoms with E-state index in [1.54, 1.807) is 4.90 Å². The largest absolute Gasteiger partial charge is 0.467 e. The van der Waals surface area contributed by atoms with Crippen LogP contribution in [0.4, 0.5) is 0 Å². The first-order valence-corrected chi connectivity index (χ1v) is 5.28. The van der Waals surface area contributed by atoms with Gasteiger partial charge in [-0.1, -0.05) is 0 Å². The monoisotopic (exact) mass is 214 g/mol. The van der Waals surface area contributed by atoms with Gasteiger partial charge in [0.1, 0.15) is 6.04 Å². The van der Waals surface area contributed by atoms with Crippen LogP contribution in [0.15, 0.2) is 0 Å². The van der Waals surface area contributed by atoms with E-state index in [2.05, 4.69) is 4.74 Å². The predicted octanol–water partition coefficient (Wildman–Crippen LogP) is -0.111. The van der Waals surface area contributed by atoms with E-state index in [9.17, 15) is 9.59 Å². The first-order valence-electron chi connectivity index (χ1n) is 5.28. The van der Waals surface area contributed by atoms with E-state index in [-0.39, 0.29) is 17.9 Å². The van der Waals surface area contributed by atoms with Crippen molar-refractivity contribution in [2.45, 2.75) is 31.7 Å². The van der Waals surface area contributed by atoms with Crippen LogP contribution in [-0.4, -0.2) is 43.0 Å². The van der Waals surface area contributed by atoms with E-state index >= 15 is 0 Å². The molecule has 0 spiro atoms. The third-order valence-electron chi connectivity index (χ3n) is 2.64. The van der Waals surface area contributed by atoms with Gasteiger partial charge in [0.05, 0.1) is 7.11 Å². The highest BCUT2D eigenvalue weighted by atomic mass is 16.5. The lowest BCUT2D eigenvalue weighted by Crippen LogP contribution is -2.41. The van der Waals surface area contributed by atoms with Crippen molar-refractivity contribution in [1.82, 2.24) is 4.90 Å². The smallest absolute Gasteiger partial charge is 0.328 e. The van der Waals surface area contributed by atoms with Crippen LogP contribution in [0.1, 0.15) is 25.7 Å². The zero-order valence-corrected chi connectivity index (χ0v) is 9.07. The highest BCUT2D eigenvalue weighted by Gasteiger charge is 2.34. The zero-order valence-electron chi connectivity index (χ0n) is 9.07. The average Bonchev–Trinajstić information content (AvgIpc) is 2.73. The molecular weight excluding hydrogens is 196 g/mol. The van der Waals surface area contributed by atoms with Crippen molar-refractivity contribution in [3.05, 3.63) is 0 Å². The number of carbonyl (C=O) groups excluding carboxylic acids is 2. The number of hydrogen-bond acceptors (Lipinski definition) is 4. The Balaban J connectivity index is 2.52. The maximum Gasteiger partial charge on any atom is 0.328 e. The quantitative estimate of drug-likeness (QED) is 0.663. The number of nitrogens with zero attached hydrogens (tertiary/aromatic N) is 1. The van der Waals surface area contributed by atoms with Crippen LogP contribution < -0.4 is 5.73 Å². The summed E-state index contributed by atoms with van der Waals surface area (Å²) in [5.74, 6) is -0.304. The highest BCUT2D eigenvalue weighted by Crippen LogP contribution is 2.19.